The molecule has 0 rings (SSSR count). The highest BCUT2D eigenvalue weighted by molar-refractivity contribution is 7.73. The molecule has 0 saturated heterocycles. The Morgan fingerprint density at radius 3 is 2.31 bits per heavy atom. The second-order valence-corrected chi connectivity index (χ2v) is 3.45. The van der Waals surface area contributed by atoms with Gasteiger partial charge in [0.15, 0.2) is 6.61 Å². The first kappa shape index (κ1) is 12.0. The monoisotopic (exact) mass is 214 g/mol. The first-order chi connectivity index (χ1) is 5.77. The van der Waals surface area contributed by atoms with Crippen LogP contribution in [-0.4, -0.2) is 26.2 Å². The van der Waals surface area contributed by atoms with E-state index in [0.29, 0.717) is 0 Å². The number of alkyl halides is 2. The molecule has 0 bridgehead atoms. The number of rotatable bonds is 4. The summed E-state index contributed by atoms with van der Waals surface area (Å²) in [4.78, 5) is 10.6. The molecule has 76 valence electrons. The molecule has 7 heteroatoms. The minimum atomic E-state index is -4.01. The lowest BCUT2D eigenvalue weighted by atomic mass is 10.4. The fourth-order valence-corrected chi connectivity index (χ4v) is 0.498. The zero-order valence-electron chi connectivity index (χ0n) is 6.75. The van der Waals surface area contributed by atoms with Crippen molar-refractivity contribution in [3.8, 4) is 0 Å². The molecule has 0 aliphatic heterocycles. The fourth-order valence-electron chi connectivity index (χ4n) is 0.328. The Bertz CT molecular complexity index is 287. The summed E-state index contributed by atoms with van der Waals surface area (Å²) < 4.78 is 48.2. The molecule has 0 amide bonds. The van der Waals surface area contributed by atoms with Gasteiger partial charge in [-0.25, -0.2) is 13.2 Å². The van der Waals surface area contributed by atoms with Crippen LogP contribution in [0.3, 0.4) is 0 Å². The maximum Gasteiger partial charge on any atom is 0.376 e. The van der Waals surface area contributed by atoms with Crippen molar-refractivity contribution >= 4 is 16.7 Å². The SMILES string of the molecule is C=C(C)C(=O)OCC(F)(F)[SH](=O)=O. The van der Waals surface area contributed by atoms with E-state index >= 15 is 0 Å². The molecule has 0 aliphatic carbocycles. The van der Waals surface area contributed by atoms with E-state index in [1.54, 1.807) is 0 Å². The maximum absolute atomic E-state index is 12.3. The van der Waals surface area contributed by atoms with Crippen molar-refractivity contribution in [2.24, 2.45) is 0 Å². The lowest BCUT2D eigenvalue weighted by Gasteiger charge is -2.09. The van der Waals surface area contributed by atoms with Crippen LogP contribution in [0.25, 0.3) is 0 Å². The largest absolute Gasteiger partial charge is 0.455 e. The highest BCUT2D eigenvalue weighted by Gasteiger charge is 2.35. The molecule has 0 unspecified atom stereocenters. The van der Waals surface area contributed by atoms with Crippen LogP contribution in [0.5, 0.6) is 0 Å². The van der Waals surface area contributed by atoms with E-state index in [-0.39, 0.29) is 5.57 Å². The van der Waals surface area contributed by atoms with Gasteiger partial charge < -0.3 is 4.74 Å². The van der Waals surface area contributed by atoms with Gasteiger partial charge in [0.1, 0.15) is 0 Å². The van der Waals surface area contributed by atoms with Crippen molar-refractivity contribution in [3.05, 3.63) is 12.2 Å². The Kier molecular flexibility index (Phi) is 3.99. The van der Waals surface area contributed by atoms with Gasteiger partial charge in [-0.1, -0.05) is 6.58 Å². The number of hydrogen-bond donors (Lipinski definition) is 1. The summed E-state index contributed by atoms with van der Waals surface area (Å²) in [6.45, 7) is 2.92. The van der Waals surface area contributed by atoms with Crippen LogP contribution >= 0.6 is 0 Å². The second-order valence-electron chi connectivity index (χ2n) is 2.28. The lowest BCUT2D eigenvalue weighted by Crippen LogP contribution is -2.27. The van der Waals surface area contributed by atoms with Gasteiger partial charge in [0.05, 0.1) is 0 Å². The number of hydrogen-bond acceptors (Lipinski definition) is 4. The third-order valence-electron chi connectivity index (χ3n) is 0.992. The predicted molar refractivity (Wildman–Crippen MR) is 41.0 cm³/mol. The van der Waals surface area contributed by atoms with E-state index in [0.717, 1.165) is 0 Å². The third-order valence-corrected chi connectivity index (χ3v) is 1.66. The fraction of sp³-hybridized carbons (Fsp3) is 0.500. The van der Waals surface area contributed by atoms with Crippen molar-refractivity contribution in [2.75, 3.05) is 6.61 Å². The van der Waals surface area contributed by atoms with Crippen LogP contribution in [0.15, 0.2) is 12.2 Å². The van der Waals surface area contributed by atoms with Crippen LogP contribution in [0.4, 0.5) is 8.78 Å². The van der Waals surface area contributed by atoms with Crippen molar-refractivity contribution in [2.45, 2.75) is 12.2 Å². The van der Waals surface area contributed by atoms with Gasteiger partial charge in [-0.15, -0.1) is 0 Å². The molecule has 0 spiro atoms. The summed E-state index contributed by atoms with van der Waals surface area (Å²) in [7, 11) is -3.93. The molecule has 13 heavy (non-hydrogen) atoms. The number of thiol groups is 1. The minimum Gasteiger partial charge on any atom is -0.455 e. The average molecular weight is 214 g/mol. The highest BCUT2D eigenvalue weighted by atomic mass is 32.2. The Labute approximate surface area is 75.1 Å². The topological polar surface area (TPSA) is 60.4 Å². The van der Waals surface area contributed by atoms with Crippen molar-refractivity contribution in [1.82, 2.24) is 0 Å². The van der Waals surface area contributed by atoms with Gasteiger partial charge in [0.2, 0.25) is 10.7 Å². The second kappa shape index (κ2) is 4.31. The van der Waals surface area contributed by atoms with Crippen LogP contribution in [0.1, 0.15) is 6.92 Å². The van der Waals surface area contributed by atoms with E-state index in [1.807, 2.05) is 0 Å². The molecule has 0 saturated carbocycles. The predicted octanol–water partition coefficient (Wildman–Crippen LogP) is 0.310. The zero-order chi connectivity index (χ0) is 10.6. The van der Waals surface area contributed by atoms with Gasteiger partial charge in [0, 0.05) is 5.57 Å². The Balaban J connectivity index is 4.18. The molecule has 0 aromatic carbocycles. The zero-order valence-corrected chi connectivity index (χ0v) is 7.64. The van der Waals surface area contributed by atoms with E-state index in [1.165, 1.54) is 6.92 Å². The molecular weight excluding hydrogens is 206 g/mol. The van der Waals surface area contributed by atoms with Gasteiger partial charge in [-0.3, -0.25) is 0 Å². The molecule has 0 heterocycles. The van der Waals surface area contributed by atoms with Crippen molar-refractivity contribution < 1.29 is 26.7 Å². The number of carbonyl (C=O) groups excluding carboxylic acids is 1. The summed E-state index contributed by atoms with van der Waals surface area (Å²) in [5.41, 5.74) is -0.0723. The number of esters is 1. The molecule has 0 atom stereocenters. The Morgan fingerprint density at radius 2 is 2.00 bits per heavy atom. The molecule has 0 aromatic heterocycles. The Hall–Kier alpha value is -0.980. The molecule has 4 nitrogen and oxygen atoms in total. The average Bonchev–Trinajstić information content (AvgIpc) is 1.99. The first-order valence-electron chi connectivity index (χ1n) is 3.12. The third kappa shape index (κ3) is 3.97. The van der Waals surface area contributed by atoms with Gasteiger partial charge in [-0.05, 0) is 6.92 Å². The van der Waals surface area contributed by atoms with E-state index < -0.39 is 28.5 Å². The van der Waals surface area contributed by atoms with Crippen LogP contribution in [0, 0.1) is 0 Å². The molecule has 0 fully saturated rings. The van der Waals surface area contributed by atoms with E-state index in [4.69, 9.17) is 0 Å². The molecule has 0 aliphatic rings. The molecular formula is C6H8F2O4S. The van der Waals surface area contributed by atoms with Crippen LogP contribution < -0.4 is 0 Å². The summed E-state index contributed by atoms with van der Waals surface area (Å²) >= 11 is 0. The highest BCUT2D eigenvalue weighted by Crippen LogP contribution is 2.14. The number of halogens is 2. The van der Waals surface area contributed by atoms with E-state index in [2.05, 4.69) is 11.3 Å². The van der Waals surface area contributed by atoms with Crippen molar-refractivity contribution in [3.63, 3.8) is 0 Å². The smallest absolute Gasteiger partial charge is 0.376 e. The van der Waals surface area contributed by atoms with Crippen LogP contribution in [-0.2, 0) is 20.2 Å². The van der Waals surface area contributed by atoms with Crippen LogP contribution in [0.2, 0.25) is 0 Å². The quantitative estimate of drug-likeness (QED) is 0.415. The number of carbonyl (C=O) groups is 1. The first-order valence-corrected chi connectivity index (χ1v) is 4.30. The minimum absolute atomic E-state index is 0.0723. The summed E-state index contributed by atoms with van der Waals surface area (Å²) in [6.07, 6.45) is 0. The molecule has 0 N–H and O–H groups in total. The maximum atomic E-state index is 12.3. The molecule has 0 aromatic rings. The molecule has 0 radical (unpaired) electrons. The summed E-state index contributed by atoms with van der Waals surface area (Å²) in [6, 6.07) is 0. The lowest BCUT2D eigenvalue weighted by molar-refractivity contribution is -0.144. The van der Waals surface area contributed by atoms with E-state index in [9.17, 15) is 22.0 Å². The van der Waals surface area contributed by atoms with Gasteiger partial charge in [-0.2, -0.15) is 8.78 Å². The Morgan fingerprint density at radius 1 is 1.54 bits per heavy atom. The normalized spacial score (nSPS) is 11.4. The standard InChI is InChI=1S/C6H8F2O4S/c1-4(2)5(9)12-3-6(7,8)13(10)11/h13H,1,3H2,2H3. The van der Waals surface area contributed by atoms with Gasteiger partial charge >= 0.3 is 11.2 Å². The number of ether oxygens (including phenoxy) is 1. The van der Waals surface area contributed by atoms with Gasteiger partial charge in [0.25, 0.3) is 0 Å². The summed E-state index contributed by atoms with van der Waals surface area (Å²) in [5, 5.41) is -4.01. The summed E-state index contributed by atoms with van der Waals surface area (Å²) in [5.74, 6) is -1.04. The van der Waals surface area contributed by atoms with Crippen molar-refractivity contribution in [1.29, 1.82) is 0 Å².